The standard InChI is InChI=1S/C7H6BrF2N.ClH/c8-7-5(9)1-4(3-11)2-6(7)10;/h1-2H,3,11H2;1H. The lowest BCUT2D eigenvalue weighted by Gasteiger charge is -1.99. The highest BCUT2D eigenvalue weighted by molar-refractivity contribution is 9.10. The van der Waals surface area contributed by atoms with Gasteiger partial charge in [0, 0.05) is 6.54 Å². The quantitative estimate of drug-likeness (QED) is 0.770. The largest absolute Gasteiger partial charge is 0.326 e. The maximum absolute atomic E-state index is 12.7. The van der Waals surface area contributed by atoms with Gasteiger partial charge in [0.1, 0.15) is 11.6 Å². The van der Waals surface area contributed by atoms with Crippen LogP contribution in [0.5, 0.6) is 0 Å². The van der Waals surface area contributed by atoms with E-state index in [4.69, 9.17) is 5.73 Å². The van der Waals surface area contributed by atoms with Crippen LogP contribution in [0.4, 0.5) is 8.78 Å². The summed E-state index contributed by atoms with van der Waals surface area (Å²) in [4.78, 5) is 0. The molecule has 68 valence electrons. The maximum atomic E-state index is 12.7. The van der Waals surface area contributed by atoms with Crippen LogP contribution in [-0.4, -0.2) is 0 Å². The van der Waals surface area contributed by atoms with Crippen LogP contribution in [0.3, 0.4) is 0 Å². The minimum atomic E-state index is -0.620. The van der Waals surface area contributed by atoms with Crippen molar-refractivity contribution in [2.45, 2.75) is 6.54 Å². The Morgan fingerprint density at radius 1 is 1.25 bits per heavy atom. The zero-order chi connectivity index (χ0) is 8.43. The van der Waals surface area contributed by atoms with E-state index in [1.165, 1.54) is 12.1 Å². The third-order valence-corrected chi connectivity index (χ3v) is 2.04. The molecule has 0 aromatic heterocycles. The summed E-state index contributed by atoms with van der Waals surface area (Å²) >= 11 is 2.75. The molecular formula is C7H7BrClF2N. The minimum absolute atomic E-state index is 0. The lowest BCUT2D eigenvalue weighted by Crippen LogP contribution is -1.98. The predicted octanol–water partition coefficient (Wildman–Crippen LogP) is 2.61. The van der Waals surface area contributed by atoms with Gasteiger partial charge < -0.3 is 5.73 Å². The van der Waals surface area contributed by atoms with Crippen molar-refractivity contribution in [3.8, 4) is 0 Å². The Morgan fingerprint density at radius 2 is 1.67 bits per heavy atom. The molecule has 0 amide bonds. The monoisotopic (exact) mass is 257 g/mol. The number of hydrogen-bond donors (Lipinski definition) is 1. The highest BCUT2D eigenvalue weighted by Crippen LogP contribution is 2.20. The molecule has 0 radical (unpaired) electrons. The number of benzene rings is 1. The number of rotatable bonds is 1. The lowest BCUT2D eigenvalue weighted by atomic mass is 10.2. The second-order valence-corrected chi connectivity index (χ2v) is 2.87. The summed E-state index contributed by atoms with van der Waals surface area (Å²) < 4.78 is 25.2. The van der Waals surface area contributed by atoms with Crippen LogP contribution < -0.4 is 5.73 Å². The Labute approximate surface area is 83.5 Å². The van der Waals surface area contributed by atoms with Gasteiger partial charge in [0.25, 0.3) is 0 Å². The lowest BCUT2D eigenvalue weighted by molar-refractivity contribution is 0.568. The molecule has 0 saturated carbocycles. The van der Waals surface area contributed by atoms with Gasteiger partial charge in [-0.15, -0.1) is 12.4 Å². The van der Waals surface area contributed by atoms with Crippen LogP contribution in [-0.2, 0) is 6.54 Å². The van der Waals surface area contributed by atoms with Crippen molar-refractivity contribution < 1.29 is 8.78 Å². The molecule has 1 rings (SSSR count). The molecule has 0 heterocycles. The third kappa shape index (κ3) is 2.40. The van der Waals surface area contributed by atoms with Crippen molar-refractivity contribution in [3.63, 3.8) is 0 Å². The SMILES string of the molecule is Cl.NCc1cc(F)c(Br)c(F)c1. The number of nitrogens with two attached hydrogens (primary N) is 1. The molecule has 1 aromatic rings. The molecule has 0 atom stereocenters. The average molecular weight is 258 g/mol. The van der Waals surface area contributed by atoms with Gasteiger partial charge in [0.15, 0.2) is 0 Å². The summed E-state index contributed by atoms with van der Waals surface area (Å²) in [6, 6.07) is 2.40. The van der Waals surface area contributed by atoms with E-state index in [2.05, 4.69) is 15.9 Å². The van der Waals surface area contributed by atoms with Crippen LogP contribution >= 0.6 is 28.3 Å². The van der Waals surface area contributed by atoms with Gasteiger partial charge in [0.05, 0.1) is 4.47 Å². The second-order valence-electron chi connectivity index (χ2n) is 2.08. The fraction of sp³-hybridized carbons (Fsp3) is 0.143. The van der Waals surface area contributed by atoms with Crippen LogP contribution in [0.25, 0.3) is 0 Å². The molecule has 0 spiro atoms. The van der Waals surface area contributed by atoms with E-state index in [0.717, 1.165) is 0 Å². The van der Waals surface area contributed by atoms with E-state index in [1.807, 2.05) is 0 Å². The molecule has 5 heteroatoms. The molecule has 0 aliphatic rings. The smallest absolute Gasteiger partial charge is 0.140 e. The van der Waals surface area contributed by atoms with Gasteiger partial charge in [-0.3, -0.25) is 0 Å². The maximum Gasteiger partial charge on any atom is 0.140 e. The molecule has 0 fully saturated rings. The molecule has 2 N–H and O–H groups in total. The Morgan fingerprint density at radius 3 is 2.00 bits per heavy atom. The fourth-order valence-electron chi connectivity index (χ4n) is 0.726. The summed E-state index contributed by atoms with van der Waals surface area (Å²) in [6.07, 6.45) is 0. The molecule has 0 aliphatic carbocycles. The summed E-state index contributed by atoms with van der Waals surface area (Å²) in [5.41, 5.74) is 5.64. The van der Waals surface area contributed by atoms with Crippen LogP contribution in [0.15, 0.2) is 16.6 Å². The van der Waals surface area contributed by atoms with E-state index >= 15 is 0 Å². The molecule has 1 aromatic carbocycles. The molecule has 1 nitrogen and oxygen atoms in total. The predicted molar refractivity (Wildman–Crippen MR) is 49.2 cm³/mol. The third-order valence-electron chi connectivity index (χ3n) is 1.28. The Balaban J connectivity index is 0.00000121. The Kier molecular flexibility index (Phi) is 4.67. The first-order chi connectivity index (χ1) is 5.15. The van der Waals surface area contributed by atoms with Gasteiger partial charge in [-0.1, -0.05) is 0 Å². The number of hydrogen-bond acceptors (Lipinski definition) is 1. The van der Waals surface area contributed by atoms with E-state index in [1.54, 1.807) is 0 Å². The van der Waals surface area contributed by atoms with E-state index in [-0.39, 0.29) is 23.4 Å². The summed E-state index contributed by atoms with van der Waals surface area (Å²) in [6.45, 7) is 0.140. The second kappa shape index (κ2) is 4.74. The molecule has 0 aliphatic heterocycles. The van der Waals surface area contributed by atoms with Crippen molar-refractivity contribution >= 4 is 28.3 Å². The first-order valence-corrected chi connectivity index (χ1v) is 3.78. The Hall–Kier alpha value is -0.190. The van der Waals surface area contributed by atoms with Crippen molar-refractivity contribution in [2.75, 3.05) is 0 Å². The minimum Gasteiger partial charge on any atom is -0.326 e. The van der Waals surface area contributed by atoms with E-state index in [9.17, 15) is 8.78 Å². The molecular weight excluding hydrogens is 251 g/mol. The molecule has 12 heavy (non-hydrogen) atoms. The van der Waals surface area contributed by atoms with Crippen molar-refractivity contribution in [3.05, 3.63) is 33.8 Å². The van der Waals surface area contributed by atoms with Crippen LogP contribution in [0.1, 0.15) is 5.56 Å². The van der Waals surface area contributed by atoms with E-state index < -0.39 is 11.6 Å². The fourth-order valence-corrected chi connectivity index (χ4v) is 0.955. The normalized spacial score (nSPS) is 9.33. The van der Waals surface area contributed by atoms with Gasteiger partial charge in [-0.25, -0.2) is 8.78 Å². The van der Waals surface area contributed by atoms with Crippen molar-refractivity contribution in [1.82, 2.24) is 0 Å². The topological polar surface area (TPSA) is 26.0 Å². The van der Waals surface area contributed by atoms with E-state index in [0.29, 0.717) is 5.56 Å². The highest BCUT2D eigenvalue weighted by atomic mass is 79.9. The van der Waals surface area contributed by atoms with Crippen LogP contribution in [0, 0.1) is 11.6 Å². The summed E-state index contributed by atoms with van der Waals surface area (Å²) in [5, 5.41) is 0. The summed E-state index contributed by atoms with van der Waals surface area (Å²) in [5.74, 6) is -1.24. The Bertz CT molecular complexity index is 257. The first kappa shape index (κ1) is 11.8. The van der Waals surface area contributed by atoms with Gasteiger partial charge >= 0.3 is 0 Å². The number of halogens is 4. The molecule has 0 saturated heterocycles. The van der Waals surface area contributed by atoms with Crippen molar-refractivity contribution in [2.24, 2.45) is 5.73 Å². The molecule has 0 unspecified atom stereocenters. The first-order valence-electron chi connectivity index (χ1n) is 2.98. The van der Waals surface area contributed by atoms with Gasteiger partial charge in [-0.2, -0.15) is 0 Å². The zero-order valence-electron chi connectivity index (χ0n) is 5.98. The summed E-state index contributed by atoms with van der Waals surface area (Å²) in [7, 11) is 0. The zero-order valence-corrected chi connectivity index (χ0v) is 8.38. The van der Waals surface area contributed by atoms with Gasteiger partial charge in [0.2, 0.25) is 0 Å². The van der Waals surface area contributed by atoms with Crippen molar-refractivity contribution in [1.29, 1.82) is 0 Å². The highest BCUT2D eigenvalue weighted by Gasteiger charge is 2.06. The van der Waals surface area contributed by atoms with Gasteiger partial charge in [-0.05, 0) is 33.6 Å². The molecule has 0 bridgehead atoms. The average Bonchev–Trinajstić information content (AvgIpc) is 1.99. The van der Waals surface area contributed by atoms with Crippen LogP contribution in [0.2, 0.25) is 0 Å².